The van der Waals surface area contributed by atoms with Crippen LogP contribution >= 0.6 is 12.2 Å². The van der Waals surface area contributed by atoms with Crippen molar-refractivity contribution in [3.63, 3.8) is 0 Å². The third-order valence-corrected chi connectivity index (χ3v) is 2.71. The molecular weight excluding hydrogens is 218 g/mol. The molecule has 0 aliphatic carbocycles. The van der Waals surface area contributed by atoms with Gasteiger partial charge in [-0.2, -0.15) is 5.10 Å². The van der Waals surface area contributed by atoms with Crippen molar-refractivity contribution in [2.75, 3.05) is 5.32 Å². The molecule has 0 amide bonds. The molecule has 0 spiro atoms. The molecule has 0 aliphatic rings. The van der Waals surface area contributed by atoms with E-state index in [0.717, 1.165) is 5.69 Å². The van der Waals surface area contributed by atoms with Crippen LogP contribution in [0, 0.1) is 13.8 Å². The zero-order valence-electron chi connectivity index (χ0n) is 9.27. The molecule has 4 heteroatoms. The molecule has 0 fully saturated rings. The van der Waals surface area contributed by atoms with E-state index >= 15 is 0 Å². The molecule has 0 bridgehead atoms. The number of hydrogen-bond acceptors (Lipinski definition) is 2. The maximum atomic E-state index is 5.26. The predicted octanol–water partition coefficient (Wildman–Crippen LogP) is 2.75. The Morgan fingerprint density at radius 1 is 1.25 bits per heavy atom. The summed E-state index contributed by atoms with van der Waals surface area (Å²) in [6, 6.07) is 7.99. The second-order valence-corrected chi connectivity index (χ2v) is 4.03. The van der Waals surface area contributed by atoms with Crippen molar-refractivity contribution in [3.05, 3.63) is 47.8 Å². The number of nitrogens with zero attached hydrogens (tertiary/aromatic N) is 2. The van der Waals surface area contributed by atoms with E-state index in [-0.39, 0.29) is 0 Å². The number of thiocarbonyl (C=S) groups is 1. The van der Waals surface area contributed by atoms with Crippen LogP contribution in [0.25, 0.3) is 0 Å². The lowest BCUT2D eigenvalue weighted by molar-refractivity contribution is 0.946. The van der Waals surface area contributed by atoms with Crippen LogP contribution in [0.4, 0.5) is 5.69 Å². The molecule has 16 heavy (non-hydrogen) atoms. The molecule has 1 aromatic heterocycles. The molecule has 0 aliphatic heterocycles. The highest BCUT2D eigenvalue weighted by Crippen LogP contribution is 2.19. The van der Waals surface area contributed by atoms with Gasteiger partial charge in [0, 0.05) is 18.1 Å². The Balaban J connectivity index is 2.25. The number of hydrogen-bond donors (Lipinski definition) is 1. The van der Waals surface area contributed by atoms with Gasteiger partial charge in [0.2, 0.25) is 0 Å². The van der Waals surface area contributed by atoms with Crippen molar-refractivity contribution in [2.24, 2.45) is 0 Å². The van der Waals surface area contributed by atoms with Gasteiger partial charge in [0.1, 0.15) is 0 Å². The van der Waals surface area contributed by atoms with Gasteiger partial charge in [0.05, 0.1) is 0 Å². The smallest absolute Gasteiger partial charge is 0.198 e. The summed E-state index contributed by atoms with van der Waals surface area (Å²) in [5.74, 6) is 0. The van der Waals surface area contributed by atoms with E-state index in [2.05, 4.69) is 36.4 Å². The van der Waals surface area contributed by atoms with Crippen LogP contribution in [0.5, 0.6) is 0 Å². The molecular formula is C12H13N3S. The second-order valence-electron chi connectivity index (χ2n) is 3.65. The molecule has 0 unspecified atom stereocenters. The number of nitrogens with one attached hydrogen (secondary N) is 1. The lowest BCUT2D eigenvalue weighted by Crippen LogP contribution is -2.20. The van der Waals surface area contributed by atoms with Crippen LogP contribution in [-0.4, -0.2) is 14.9 Å². The van der Waals surface area contributed by atoms with Crippen LogP contribution in [0.15, 0.2) is 36.7 Å². The zero-order valence-corrected chi connectivity index (χ0v) is 10.1. The number of aryl methyl sites for hydroxylation is 2. The second kappa shape index (κ2) is 4.45. The summed E-state index contributed by atoms with van der Waals surface area (Å²) in [5.41, 5.74) is 3.41. The highest BCUT2D eigenvalue weighted by molar-refractivity contribution is 7.80. The molecule has 1 aromatic carbocycles. The van der Waals surface area contributed by atoms with Gasteiger partial charge in [0.25, 0.3) is 0 Å². The number of para-hydroxylation sites is 1. The van der Waals surface area contributed by atoms with Crippen molar-refractivity contribution in [3.8, 4) is 0 Å². The number of benzene rings is 1. The van der Waals surface area contributed by atoms with E-state index in [4.69, 9.17) is 12.2 Å². The Morgan fingerprint density at radius 3 is 2.50 bits per heavy atom. The third kappa shape index (κ3) is 2.12. The summed E-state index contributed by atoms with van der Waals surface area (Å²) in [7, 11) is 0. The Bertz CT molecular complexity index is 483. The minimum absolute atomic E-state index is 0.586. The van der Waals surface area contributed by atoms with Gasteiger partial charge in [0.15, 0.2) is 5.11 Å². The van der Waals surface area contributed by atoms with Crippen molar-refractivity contribution < 1.29 is 0 Å². The van der Waals surface area contributed by atoms with Gasteiger partial charge in [-0.3, -0.25) is 0 Å². The maximum absolute atomic E-state index is 5.26. The van der Waals surface area contributed by atoms with Gasteiger partial charge < -0.3 is 5.32 Å². The van der Waals surface area contributed by atoms with E-state index in [1.807, 2.05) is 18.3 Å². The normalized spacial score (nSPS) is 10.1. The predicted molar refractivity (Wildman–Crippen MR) is 69.8 cm³/mol. The fraction of sp³-hybridized carbons (Fsp3) is 0.167. The molecule has 0 atom stereocenters. The van der Waals surface area contributed by atoms with E-state index in [0.29, 0.717) is 5.11 Å². The van der Waals surface area contributed by atoms with Gasteiger partial charge in [-0.25, -0.2) is 4.68 Å². The SMILES string of the molecule is Cc1cccc(C)c1NC(=S)n1cccn1. The van der Waals surface area contributed by atoms with Crippen molar-refractivity contribution in [1.82, 2.24) is 9.78 Å². The van der Waals surface area contributed by atoms with Gasteiger partial charge >= 0.3 is 0 Å². The molecule has 3 nitrogen and oxygen atoms in total. The van der Waals surface area contributed by atoms with E-state index in [9.17, 15) is 0 Å². The van der Waals surface area contributed by atoms with Crippen LogP contribution in [0.3, 0.4) is 0 Å². The lowest BCUT2D eigenvalue weighted by Gasteiger charge is -2.12. The summed E-state index contributed by atoms with van der Waals surface area (Å²) in [4.78, 5) is 0. The maximum Gasteiger partial charge on any atom is 0.198 e. The minimum atomic E-state index is 0.586. The first-order chi connectivity index (χ1) is 7.68. The first kappa shape index (κ1) is 10.8. The largest absolute Gasteiger partial charge is 0.330 e. The van der Waals surface area contributed by atoms with Gasteiger partial charge in [-0.15, -0.1) is 0 Å². The molecule has 1 heterocycles. The third-order valence-electron chi connectivity index (χ3n) is 2.43. The highest BCUT2D eigenvalue weighted by atomic mass is 32.1. The summed E-state index contributed by atoms with van der Waals surface area (Å²) in [6.45, 7) is 4.11. The molecule has 2 rings (SSSR count). The van der Waals surface area contributed by atoms with Crippen LogP contribution < -0.4 is 5.32 Å². The number of aromatic nitrogens is 2. The molecule has 0 saturated carbocycles. The Labute approximate surface area is 100 Å². The average molecular weight is 231 g/mol. The van der Waals surface area contributed by atoms with Gasteiger partial charge in [-0.05, 0) is 43.3 Å². The van der Waals surface area contributed by atoms with Crippen LogP contribution in [-0.2, 0) is 0 Å². The minimum Gasteiger partial charge on any atom is -0.330 e. The molecule has 0 saturated heterocycles. The van der Waals surface area contributed by atoms with Crippen molar-refractivity contribution in [2.45, 2.75) is 13.8 Å². The van der Waals surface area contributed by atoms with E-state index in [1.165, 1.54) is 11.1 Å². The first-order valence-corrected chi connectivity index (χ1v) is 5.46. The number of anilines is 1. The van der Waals surface area contributed by atoms with Crippen molar-refractivity contribution >= 4 is 23.0 Å². The monoisotopic (exact) mass is 231 g/mol. The number of rotatable bonds is 1. The summed E-state index contributed by atoms with van der Waals surface area (Å²) in [6.07, 6.45) is 3.53. The fourth-order valence-corrected chi connectivity index (χ4v) is 1.77. The quantitative estimate of drug-likeness (QED) is 0.765. The first-order valence-electron chi connectivity index (χ1n) is 5.05. The van der Waals surface area contributed by atoms with Crippen LogP contribution in [0.2, 0.25) is 0 Å². The van der Waals surface area contributed by atoms with E-state index in [1.54, 1.807) is 10.9 Å². The van der Waals surface area contributed by atoms with Crippen LogP contribution in [0.1, 0.15) is 11.1 Å². The summed E-state index contributed by atoms with van der Waals surface area (Å²) in [5, 5.41) is 7.88. The molecule has 0 radical (unpaired) electrons. The fourth-order valence-electron chi connectivity index (χ4n) is 1.56. The molecule has 1 N–H and O–H groups in total. The Kier molecular flexibility index (Phi) is 3.01. The standard InChI is InChI=1S/C12H13N3S/c1-9-5-3-6-10(2)11(9)14-12(16)15-8-4-7-13-15/h3-8H,1-2H3,(H,14,16). The van der Waals surface area contributed by atoms with E-state index < -0.39 is 0 Å². The Morgan fingerprint density at radius 2 is 1.94 bits per heavy atom. The zero-order chi connectivity index (χ0) is 11.5. The van der Waals surface area contributed by atoms with Crippen molar-refractivity contribution in [1.29, 1.82) is 0 Å². The highest BCUT2D eigenvalue weighted by Gasteiger charge is 2.05. The molecule has 2 aromatic rings. The summed E-state index contributed by atoms with van der Waals surface area (Å²) < 4.78 is 1.64. The topological polar surface area (TPSA) is 29.9 Å². The van der Waals surface area contributed by atoms with Gasteiger partial charge in [-0.1, -0.05) is 18.2 Å². The summed E-state index contributed by atoms with van der Waals surface area (Å²) >= 11 is 5.26. The molecule has 82 valence electrons. The average Bonchev–Trinajstić information content (AvgIpc) is 2.76. The Hall–Kier alpha value is -1.68. The lowest BCUT2D eigenvalue weighted by atomic mass is 10.1.